The van der Waals surface area contributed by atoms with E-state index in [-0.39, 0.29) is 12.3 Å². The smallest absolute Gasteiger partial charge is 0.227 e. The molecule has 1 amide bonds. The quantitative estimate of drug-likeness (QED) is 0.412. The largest absolute Gasteiger partial charge is 0.493 e. The molecule has 0 atom stereocenters. The number of benzene rings is 3. The molecule has 6 nitrogen and oxygen atoms in total. The van der Waals surface area contributed by atoms with E-state index in [1.54, 1.807) is 0 Å². The molecular weight excluding hydrogens is 388 g/mol. The van der Waals surface area contributed by atoms with Gasteiger partial charge < -0.3 is 15.4 Å². The van der Waals surface area contributed by atoms with Gasteiger partial charge in [0, 0.05) is 23.0 Å². The molecule has 0 unspecified atom stereocenters. The average molecular weight is 410 g/mol. The number of aromatic nitrogens is 2. The summed E-state index contributed by atoms with van der Waals surface area (Å²) in [6.45, 7) is 0.326. The molecule has 0 saturated heterocycles. The lowest BCUT2D eigenvalue weighted by molar-refractivity contribution is -0.116. The molecule has 3 aromatic carbocycles. The third-order valence-electron chi connectivity index (χ3n) is 4.52. The fraction of sp³-hybridized carbons (Fsp3) is 0.0800. The molecule has 2 N–H and O–H groups in total. The summed E-state index contributed by atoms with van der Waals surface area (Å²) in [5.74, 6) is 1.36. The lowest BCUT2D eigenvalue weighted by atomic mass is 10.1. The van der Waals surface area contributed by atoms with Gasteiger partial charge in [-0.2, -0.15) is 0 Å². The average Bonchev–Trinajstić information content (AvgIpc) is 2.82. The van der Waals surface area contributed by atoms with E-state index in [0.717, 1.165) is 28.4 Å². The van der Waals surface area contributed by atoms with E-state index in [1.807, 2.05) is 91.0 Å². The molecule has 0 fully saturated rings. The van der Waals surface area contributed by atoms with Crippen LogP contribution in [0.3, 0.4) is 0 Å². The number of nitrogens with one attached hydrogen (secondary N) is 2. The van der Waals surface area contributed by atoms with E-state index in [0.29, 0.717) is 12.4 Å². The Bertz CT molecular complexity index is 1120. The number of para-hydroxylation sites is 1. The second-order valence-corrected chi connectivity index (χ2v) is 6.82. The number of hydrogen-bond donors (Lipinski definition) is 2. The number of carbonyl (C=O) groups is 1. The van der Waals surface area contributed by atoms with E-state index >= 15 is 0 Å². The number of hydrogen-bond acceptors (Lipinski definition) is 5. The van der Waals surface area contributed by atoms with E-state index in [4.69, 9.17) is 4.74 Å². The number of anilines is 3. The molecule has 1 aromatic heterocycles. The number of rotatable bonds is 8. The summed E-state index contributed by atoms with van der Waals surface area (Å²) in [4.78, 5) is 20.7. The Labute approximate surface area is 181 Å². The summed E-state index contributed by atoms with van der Waals surface area (Å²) in [5, 5.41) is 6.14. The Morgan fingerprint density at radius 2 is 1.48 bits per heavy atom. The van der Waals surface area contributed by atoms with Gasteiger partial charge in [-0.3, -0.25) is 4.79 Å². The predicted molar refractivity (Wildman–Crippen MR) is 122 cm³/mol. The summed E-state index contributed by atoms with van der Waals surface area (Å²) < 4.78 is 5.56. The molecule has 1 heterocycles. The highest BCUT2D eigenvalue weighted by Gasteiger charge is 2.05. The first-order chi connectivity index (χ1) is 15.3. The standard InChI is InChI=1S/C25H22N4O2/c30-25(15-16-31-22-9-5-2-6-10-22)29-21-13-11-20(12-14-21)28-24-17-23(26-18-27-24)19-7-3-1-4-8-19/h1-14,17-18H,15-16H2,(H,29,30)(H,26,27,28). The highest BCUT2D eigenvalue weighted by Crippen LogP contribution is 2.22. The van der Waals surface area contributed by atoms with Crippen molar-refractivity contribution in [2.24, 2.45) is 0 Å². The maximum absolute atomic E-state index is 12.1. The summed E-state index contributed by atoms with van der Waals surface area (Å²) in [5.41, 5.74) is 3.47. The predicted octanol–water partition coefficient (Wildman–Crippen LogP) is 5.29. The summed E-state index contributed by atoms with van der Waals surface area (Å²) in [6, 6.07) is 28.8. The van der Waals surface area contributed by atoms with Crippen LogP contribution in [0, 0.1) is 0 Å². The van der Waals surface area contributed by atoms with Crippen LogP contribution in [-0.4, -0.2) is 22.5 Å². The summed E-state index contributed by atoms with van der Waals surface area (Å²) >= 11 is 0. The topological polar surface area (TPSA) is 76.1 Å². The normalized spacial score (nSPS) is 10.3. The molecule has 0 saturated carbocycles. The Hall–Kier alpha value is -4.19. The van der Waals surface area contributed by atoms with Crippen LogP contribution < -0.4 is 15.4 Å². The minimum absolute atomic E-state index is 0.0973. The maximum Gasteiger partial charge on any atom is 0.227 e. The van der Waals surface area contributed by atoms with Gasteiger partial charge in [-0.05, 0) is 36.4 Å². The van der Waals surface area contributed by atoms with Gasteiger partial charge in [0.25, 0.3) is 0 Å². The molecule has 0 spiro atoms. The van der Waals surface area contributed by atoms with Gasteiger partial charge in [0.05, 0.1) is 18.7 Å². The molecule has 0 aliphatic rings. The van der Waals surface area contributed by atoms with E-state index in [9.17, 15) is 4.79 Å². The molecule has 154 valence electrons. The Balaban J connectivity index is 1.30. The van der Waals surface area contributed by atoms with Crippen molar-refractivity contribution in [2.45, 2.75) is 6.42 Å². The van der Waals surface area contributed by atoms with E-state index < -0.39 is 0 Å². The minimum Gasteiger partial charge on any atom is -0.493 e. The number of amides is 1. The first-order valence-corrected chi connectivity index (χ1v) is 9.98. The van der Waals surface area contributed by atoms with Gasteiger partial charge in [-0.25, -0.2) is 9.97 Å². The third-order valence-corrected chi connectivity index (χ3v) is 4.52. The van der Waals surface area contributed by atoms with Crippen LogP contribution in [0.1, 0.15) is 6.42 Å². The van der Waals surface area contributed by atoms with Crippen LogP contribution in [0.4, 0.5) is 17.2 Å². The lowest BCUT2D eigenvalue weighted by Gasteiger charge is -2.10. The van der Waals surface area contributed by atoms with Gasteiger partial charge in [-0.1, -0.05) is 48.5 Å². The zero-order chi connectivity index (χ0) is 21.3. The lowest BCUT2D eigenvalue weighted by Crippen LogP contribution is -2.15. The van der Waals surface area contributed by atoms with Crippen LogP contribution in [0.5, 0.6) is 5.75 Å². The summed E-state index contributed by atoms with van der Waals surface area (Å²) in [6.07, 6.45) is 1.81. The zero-order valence-corrected chi connectivity index (χ0v) is 16.9. The molecular formula is C25H22N4O2. The zero-order valence-electron chi connectivity index (χ0n) is 16.9. The molecule has 0 aliphatic heterocycles. The first-order valence-electron chi connectivity index (χ1n) is 9.98. The number of nitrogens with zero attached hydrogens (tertiary/aromatic N) is 2. The van der Waals surface area contributed by atoms with Crippen molar-refractivity contribution in [3.8, 4) is 17.0 Å². The van der Waals surface area contributed by atoms with Gasteiger partial charge in [0.1, 0.15) is 17.9 Å². The summed E-state index contributed by atoms with van der Waals surface area (Å²) in [7, 11) is 0. The second-order valence-electron chi connectivity index (χ2n) is 6.82. The Kier molecular flexibility index (Phi) is 6.50. The van der Waals surface area contributed by atoms with Crippen LogP contribution >= 0.6 is 0 Å². The second kappa shape index (κ2) is 10.0. The van der Waals surface area contributed by atoms with Crippen molar-refractivity contribution in [1.82, 2.24) is 9.97 Å². The van der Waals surface area contributed by atoms with Crippen molar-refractivity contribution in [2.75, 3.05) is 17.2 Å². The van der Waals surface area contributed by atoms with Gasteiger partial charge in [-0.15, -0.1) is 0 Å². The van der Waals surface area contributed by atoms with Gasteiger partial charge >= 0.3 is 0 Å². The Morgan fingerprint density at radius 1 is 0.806 bits per heavy atom. The maximum atomic E-state index is 12.1. The highest BCUT2D eigenvalue weighted by atomic mass is 16.5. The molecule has 31 heavy (non-hydrogen) atoms. The van der Waals surface area contributed by atoms with E-state index in [2.05, 4.69) is 20.6 Å². The van der Waals surface area contributed by atoms with Crippen LogP contribution in [0.25, 0.3) is 11.3 Å². The van der Waals surface area contributed by atoms with Crippen molar-refractivity contribution in [3.05, 3.63) is 97.3 Å². The van der Waals surface area contributed by atoms with Gasteiger partial charge in [0.15, 0.2) is 0 Å². The monoisotopic (exact) mass is 410 g/mol. The van der Waals surface area contributed by atoms with Crippen LogP contribution in [0.2, 0.25) is 0 Å². The molecule has 6 heteroatoms. The molecule has 4 rings (SSSR count). The number of carbonyl (C=O) groups excluding carboxylic acids is 1. The SMILES string of the molecule is O=C(CCOc1ccccc1)Nc1ccc(Nc2cc(-c3ccccc3)ncn2)cc1. The fourth-order valence-electron chi connectivity index (χ4n) is 2.98. The van der Waals surface area contributed by atoms with Crippen molar-refractivity contribution in [1.29, 1.82) is 0 Å². The fourth-order valence-corrected chi connectivity index (χ4v) is 2.98. The number of ether oxygens (including phenoxy) is 1. The van der Waals surface area contributed by atoms with Crippen molar-refractivity contribution in [3.63, 3.8) is 0 Å². The van der Waals surface area contributed by atoms with E-state index in [1.165, 1.54) is 6.33 Å². The highest BCUT2D eigenvalue weighted by molar-refractivity contribution is 5.91. The van der Waals surface area contributed by atoms with Gasteiger partial charge in [0.2, 0.25) is 5.91 Å². The molecule has 0 aliphatic carbocycles. The first kappa shape index (κ1) is 20.1. The molecule has 4 aromatic rings. The minimum atomic E-state index is -0.0973. The van der Waals surface area contributed by atoms with Crippen molar-refractivity contribution < 1.29 is 9.53 Å². The van der Waals surface area contributed by atoms with Crippen LogP contribution in [0.15, 0.2) is 97.3 Å². The molecule has 0 bridgehead atoms. The van der Waals surface area contributed by atoms with Crippen LogP contribution in [-0.2, 0) is 4.79 Å². The third kappa shape index (κ3) is 5.90. The van der Waals surface area contributed by atoms with Crippen molar-refractivity contribution >= 4 is 23.1 Å². The molecule has 0 radical (unpaired) electrons. The Morgan fingerprint density at radius 3 is 2.23 bits per heavy atom.